The molecule has 4 aliphatic rings. The van der Waals surface area contributed by atoms with Gasteiger partial charge in [-0.1, -0.05) is 0 Å². The summed E-state index contributed by atoms with van der Waals surface area (Å²) in [6.07, 6.45) is 5.42. The highest BCUT2D eigenvalue weighted by atomic mass is 16.9. The minimum absolute atomic E-state index is 0.0333. The van der Waals surface area contributed by atoms with Crippen molar-refractivity contribution in [2.45, 2.75) is 62.7 Å². The van der Waals surface area contributed by atoms with Crippen LogP contribution in [0.1, 0.15) is 38.5 Å². The predicted octanol–water partition coefficient (Wildman–Crippen LogP) is 1.56. The van der Waals surface area contributed by atoms with Gasteiger partial charge >= 0.3 is 0 Å². The fourth-order valence-electron chi connectivity index (χ4n) is 3.68. The van der Waals surface area contributed by atoms with E-state index in [4.69, 9.17) is 37.9 Å². The zero-order valence-electron chi connectivity index (χ0n) is 15.3. The molecule has 0 saturated carbocycles. The van der Waals surface area contributed by atoms with Gasteiger partial charge in [-0.2, -0.15) is 0 Å². The van der Waals surface area contributed by atoms with Gasteiger partial charge in [0.15, 0.2) is 0 Å². The topological polar surface area (TPSA) is 73.8 Å². The molecule has 2 spiro atoms. The average Bonchev–Trinajstić information content (AvgIpc) is 3.43. The first kappa shape index (κ1) is 19.0. The molecule has 8 heteroatoms. The van der Waals surface area contributed by atoms with E-state index in [1.165, 1.54) is 0 Å². The average molecular weight is 374 g/mol. The van der Waals surface area contributed by atoms with Gasteiger partial charge in [0.25, 0.3) is 11.9 Å². The van der Waals surface area contributed by atoms with Crippen molar-refractivity contribution in [2.75, 3.05) is 52.9 Å². The molecule has 0 aromatic rings. The zero-order valence-corrected chi connectivity index (χ0v) is 15.3. The number of unbranched alkanes of at least 4 members (excludes halogenated alkanes) is 1. The monoisotopic (exact) mass is 374 g/mol. The van der Waals surface area contributed by atoms with Gasteiger partial charge in [0.1, 0.15) is 12.2 Å². The second-order valence-electron chi connectivity index (χ2n) is 7.23. The minimum atomic E-state index is -0.782. The van der Waals surface area contributed by atoms with Crippen LogP contribution in [0.15, 0.2) is 0 Å². The molecule has 0 amide bonds. The van der Waals surface area contributed by atoms with Crippen molar-refractivity contribution in [1.82, 2.24) is 0 Å². The molecule has 0 radical (unpaired) electrons. The third-order valence-corrected chi connectivity index (χ3v) is 5.00. The van der Waals surface area contributed by atoms with E-state index in [1.54, 1.807) is 0 Å². The highest BCUT2D eigenvalue weighted by Crippen LogP contribution is 2.35. The van der Waals surface area contributed by atoms with E-state index in [2.05, 4.69) is 0 Å². The minimum Gasteiger partial charge on any atom is -0.379 e. The summed E-state index contributed by atoms with van der Waals surface area (Å²) >= 11 is 0. The molecule has 0 bridgehead atoms. The highest BCUT2D eigenvalue weighted by molar-refractivity contribution is 4.76. The molecule has 4 aliphatic heterocycles. The van der Waals surface area contributed by atoms with Gasteiger partial charge in [-0.05, 0) is 25.7 Å². The molecule has 0 aliphatic carbocycles. The molecule has 0 N–H and O–H groups in total. The first-order chi connectivity index (χ1) is 12.8. The van der Waals surface area contributed by atoms with Gasteiger partial charge in [0, 0.05) is 26.1 Å². The van der Waals surface area contributed by atoms with E-state index < -0.39 is 11.9 Å². The van der Waals surface area contributed by atoms with Crippen LogP contribution in [0, 0.1) is 0 Å². The Morgan fingerprint density at radius 1 is 0.692 bits per heavy atom. The Morgan fingerprint density at radius 2 is 1.19 bits per heavy atom. The quantitative estimate of drug-likeness (QED) is 0.563. The SMILES string of the molecule is C(CCOCC1COC2(CCCO2)O1)COCC1COC2(CCCO2)O1. The van der Waals surface area contributed by atoms with Crippen molar-refractivity contribution in [3.05, 3.63) is 0 Å². The molecule has 4 fully saturated rings. The summed E-state index contributed by atoms with van der Waals surface area (Å²) in [6, 6.07) is 0. The van der Waals surface area contributed by atoms with E-state index in [9.17, 15) is 0 Å². The molecule has 0 aromatic carbocycles. The van der Waals surface area contributed by atoms with Crippen molar-refractivity contribution in [2.24, 2.45) is 0 Å². The Bertz CT molecular complexity index is 393. The molecule has 4 unspecified atom stereocenters. The van der Waals surface area contributed by atoms with Crippen LogP contribution in [0.3, 0.4) is 0 Å². The zero-order chi connectivity index (χ0) is 17.7. The lowest BCUT2D eigenvalue weighted by atomic mass is 10.3. The van der Waals surface area contributed by atoms with Crippen LogP contribution in [0.2, 0.25) is 0 Å². The summed E-state index contributed by atoms with van der Waals surface area (Å²) in [7, 11) is 0. The molecular formula is C18H30O8. The first-order valence-electron chi connectivity index (χ1n) is 9.85. The summed E-state index contributed by atoms with van der Waals surface area (Å²) in [6.45, 7) is 4.96. The second-order valence-corrected chi connectivity index (χ2v) is 7.23. The normalized spacial score (nSPS) is 39.7. The summed E-state index contributed by atoms with van der Waals surface area (Å²) in [5, 5.41) is 0. The first-order valence-corrected chi connectivity index (χ1v) is 9.85. The van der Waals surface area contributed by atoms with Crippen LogP contribution in [0.4, 0.5) is 0 Å². The molecule has 150 valence electrons. The fourth-order valence-corrected chi connectivity index (χ4v) is 3.68. The van der Waals surface area contributed by atoms with Gasteiger partial charge in [-0.15, -0.1) is 0 Å². The Kier molecular flexibility index (Phi) is 6.43. The van der Waals surface area contributed by atoms with E-state index in [-0.39, 0.29) is 12.2 Å². The number of rotatable bonds is 9. The maximum absolute atomic E-state index is 5.82. The molecule has 4 atom stereocenters. The van der Waals surface area contributed by atoms with Gasteiger partial charge in [0.05, 0.1) is 39.6 Å². The Labute approximate surface area is 154 Å². The molecule has 8 nitrogen and oxygen atoms in total. The van der Waals surface area contributed by atoms with Crippen molar-refractivity contribution in [1.29, 1.82) is 0 Å². The van der Waals surface area contributed by atoms with E-state index in [1.807, 2.05) is 0 Å². The summed E-state index contributed by atoms with van der Waals surface area (Å²) in [4.78, 5) is 0. The largest absolute Gasteiger partial charge is 0.379 e. The smallest absolute Gasteiger partial charge is 0.283 e. The number of hydrogen-bond donors (Lipinski definition) is 0. The standard InChI is InChI=1S/C18H30O8/c1(7-19-11-15-13-23-17(25-15)5-3-9-21-17)2-8-20-12-16-14-24-18(26-16)6-4-10-22-18/h15-16H,1-14H2. The van der Waals surface area contributed by atoms with Crippen LogP contribution in [-0.2, 0) is 37.9 Å². The van der Waals surface area contributed by atoms with E-state index in [0.29, 0.717) is 52.9 Å². The highest BCUT2D eigenvalue weighted by Gasteiger charge is 2.46. The third kappa shape index (κ3) is 4.74. The molecule has 26 heavy (non-hydrogen) atoms. The number of hydrogen-bond acceptors (Lipinski definition) is 8. The lowest BCUT2D eigenvalue weighted by Gasteiger charge is -2.20. The van der Waals surface area contributed by atoms with Gasteiger partial charge in [-0.3, -0.25) is 0 Å². The summed E-state index contributed by atoms with van der Waals surface area (Å²) < 4.78 is 45.3. The molecule has 4 heterocycles. The molecule has 0 aromatic heterocycles. The van der Waals surface area contributed by atoms with Gasteiger partial charge in [-0.25, -0.2) is 0 Å². The second kappa shape index (κ2) is 8.79. The number of ether oxygens (including phenoxy) is 8. The summed E-state index contributed by atoms with van der Waals surface area (Å²) in [5.74, 6) is -1.56. The van der Waals surface area contributed by atoms with Crippen molar-refractivity contribution < 1.29 is 37.9 Å². The molecule has 4 saturated heterocycles. The van der Waals surface area contributed by atoms with Crippen molar-refractivity contribution in [3.63, 3.8) is 0 Å². The Balaban J connectivity index is 0.978. The van der Waals surface area contributed by atoms with E-state index in [0.717, 1.165) is 38.5 Å². The third-order valence-electron chi connectivity index (χ3n) is 5.00. The van der Waals surface area contributed by atoms with Crippen LogP contribution in [0.5, 0.6) is 0 Å². The van der Waals surface area contributed by atoms with Gasteiger partial charge in [0.2, 0.25) is 0 Å². The van der Waals surface area contributed by atoms with Crippen molar-refractivity contribution in [3.8, 4) is 0 Å². The lowest BCUT2D eigenvalue weighted by molar-refractivity contribution is -0.315. The van der Waals surface area contributed by atoms with Gasteiger partial charge < -0.3 is 37.9 Å². The maximum Gasteiger partial charge on any atom is 0.283 e. The fraction of sp³-hybridized carbons (Fsp3) is 1.00. The maximum atomic E-state index is 5.82. The molecular weight excluding hydrogens is 344 g/mol. The summed E-state index contributed by atoms with van der Waals surface area (Å²) in [5.41, 5.74) is 0. The lowest BCUT2D eigenvalue weighted by Crippen LogP contribution is -2.30. The van der Waals surface area contributed by atoms with Crippen molar-refractivity contribution >= 4 is 0 Å². The Morgan fingerprint density at radius 3 is 1.62 bits per heavy atom. The van der Waals surface area contributed by atoms with E-state index >= 15 is 0 Å². The predicted molar refractivity (Wildman–Crippen MR) is 88.4 cm³/mol. The Hall–Kier alpha value is -0.320. The van der Waals surface area contributed by atoms with Crippen LogP contribution >= 0.6 is 0 Å². The van der Waals surface area contributed by atoms with Crippen LogP contribution in [-0.4, -0.2) is 77.0 Å². The van der Waals surface area contributed by atoms with Crippen LogP contribution < -0.4 is 0 Å². The molecule has 4 rings (SSSR count). The van der Waals surface area contributed by atoms with Crippen LogP contribution in [0.25, 0.3) is 0 Å².